The standard InChI is InChI=1S/C18H15FN2O2/c1-23-18(22)13-7-8-16(15(19)10-13)21-11-14-5-2-4-12-6-3-9-20-17(12)14/h2-10,21H,11H2,1H3. The first kappa shape index (κ1) is 15.0. The molecule has 2 aromatic carbocycles. The number of ether oxygens (including phenoxy) is 1. The molecule has 0 saturated carbocycles. The number of hydrogen-bond donors (Lipinski definition) is 1. The molecule has 1 heterocycles. The molecule has 0 aliphatic rings. The SMILES string of the molecule is COC(=O)c1ccc(NCc2cccc3cccnc23)c(F)c1. The van der Waals surface area contributed by atoms with Gasteiger partial charge in [0.2, 0.25) is 0 Å². The number of nitrogens with one attached hydrogen (secondary N) is 1. The Balaban J connectivity index is 1.81. The molecule has 0 radical (unpaired) electrons. The lowest BCUT2D eigenvalue weighted by Gasteiger charge is -2.10. The Morgan fingerprint density at radius 1 is 1.22 bits per heavy atom. The van der Waals surface area contributed by atoms with E-state index in [1.54, 1.807) is 6.20 Å². The Bertz CT molecular complexity index is 859. The minimum Gasteiger partial charge on any atom is -0.465 e. The lowest BCUT2D eigenvalue weighted by atomic mass is 10.1. The molecule has 5 heteroatoms. The van der Waals surface area contributed by atoms with Gasteiger partial charge in [-0.2, -0.15) is 0 Å². The molecule has 23 heavy (non-hydrogen) atoms. The van der Waals surface area contributed by atoms with Crippen LogP contribution in [0, 0.1) is 5.82 Å². The van der Waals surface area contributed by atoms with Gasteiger partial charge in [-0.25, -0.2) is 9.18 Å². The molecule has 0 amide bonds. The highest BCUT2D eigenvalue weighted by molar-refractivity contribution is 5.89. The van der Waals surface area contributed by atoms with Crippen LogP contribution in [0.4, 0.5) is 10.1 Å². The van der Waals surface area contributed by atoms with Gasteiger partial charge in [-0.3, -0.25) is 4.98 Å². The van der Waals surface area contributed by atoms with Crippen LogP contribution in [-0.4, -0.2) is 18.1 Å². The number of anilines is 1. The molecule has 1 aromatic heterocycles. The molecule has 116 valence electrons. The molecule has 3 aromatic rings. The van der Waals surface area contributed by atoms with E-state index >= 15 is 0 Å². The summed E-state index contributed by atoms with van der Waals surface area (Å²) in [7, 11) is 1.26. The number of aromatic nitrogens is 1. The van der Waals surface area contributed by atoms with E-state index in [9.17, 15) is 9.18 Å². The number of pyridine rings is 1. The van der Waals surface area contributed by atoms with Crippen LogP contribution in [0.2, 0.25) is 0 Å². The van der Waals surface area contributed by atoms with Crippen LogP contribution in [0.25, 0.3) is 10.9 Å². The van der Waals surface area contributed by atoms with Gasteiger partial charge in [0.1, 0.15) is 5.82 Å². The number of nitrogens with zero attached hydrogens (tertiary/aromatic N) is 1. The van der Waals surface area contributed by atoms with Crippen molar-refractivity contribution in [3.05, 3.63) is 71.7 Å². The number of methoxy groups -OCH3 is 1. The topological polar surface area (TPSA) is 51.2 Å². The van der Waals surface area contributed by atoms with Gasteiger partial charge in [0.15, 0.2) is 0 Å². The molecule has 0 fully saturated rings. The molecule has 0 aliphatic heterocycles. The van der Waals surface area contributed by atoms with E-state index in [1.807, 2.05) is 30.3 Å². The maximum atomic E-state index is 14.1. The average molecular weight is 310 g/mol. The fourth-order valence-corrected chi connectivity index (χ4v) is 2.40. The quantitative estimate of drug-likeness (QED) is 0.745. The van der Waals surface area contributed by atoms with Crippen LogP contribution in [0.1, 0.15) is 15.9 Å². The summed E-state index contributed by atoms with van der Waals surface area (Å²) >= 11 is 0. The van der Waals surface area contributed by atoms with Gasteiger partial charge in [-0.15, -0.1) is 0 Å². The number of halogens is 1. The number of rotatable bonds is 4. The lowest BCUT2D eigenvalue weighted by Crippen LogP contribution is -2.05. The van der Waals surface area contributed by atoms with Crippen molar-refractivity contribution in [3.8, 4) is 0 Å². The predicted octanol–water partition coefficient (Wildman–Crippen LogP) is 3.77. The van der Waals surface area contributed by atoms with Gasteiger partial charge in [-0.1, -0.05) is 24.3 Å². The van der Waals surface area contributed by atoms with Gasteiger partial charge in [-0.05, 0) is 29.8 Å². The number of esters is 1. The fraction of sp³-hybridized carbons (Fsp3) is 0.111. The summed E-state index contributed by atoms with van der Waals surface area (Å²) in [6.07, 6.45) is 1.73. The van der Waals surface area contributed by atoms with Crippen molar-refractivity contribution in [1.82, 2.24) is 4.98 Å². The summed E-state index contributed by atoms with van der Waals surface area (Å²) in [6, 6.07) is 14.0. The molecule has 0 saturated heterocycles. The first-order chi connectivity index (χ1) is 11.2. The Morgan fingerprint density at radius 3 is 2.83 bits per heavy atom. The lowest BCUT2D eigenvalue weighted by molar-refractivity contribution is 0.0600. The maximum Gasteiger partial charge on any atom is 0.337 e. The largest absolute Gasteiger partial charge is 0.465 e. The van der Waals surface area contributed by atoms with Crippen molar-refractivity contribution in [3.63, 3.8) is 0 Å². The third-order valence-corrected chi connectivity index (χ3v) is 3.58. The van der Waals surface area contributed by atoms with Crippen LogP contribution in [-0.2, 0) is 11.3 Å². The van der Waals surface area contributed by atoms with Crippen LogP contribution in [0.15, 0.2) is 54.7 Å². The summed E-state index contributed by atoms with van der Waals surface area (Å²) in [5, 5.41) is 4.07. The number of benzene rings is 2. The van der Waals surface area contributed by atoms with E-state index < -0.39 is 11.8 Å². The van der Waals surface area contributed by atoms with Crippen molar-refractivity contribution < 1.29 is 13.9 Å². The molecule has 0 unspecified atom stereocenters. The maximum absolute atomic E-state index is 14.1. The van der Waals surface area contributed by atoms with Crippen molar-refractivity contribution in [2.24, 2.45) is 0 Å². The van der Waals surface area contributed by atoms with E-state index in [0.29, 0.717) is 12.2 Å². The molecule has 4 nitrogen and oxygen atoms in total. The molecule has 0 atom stereocenters. The molecule has 0 spiro atoms. The highest BCUT2D eigenvalue weighted by Gasteiger charge is 2.10. The third-order valence-electron chi connectivity index (χ3n) is 3.58. The molecular weight excluding hydrogens is 295 g/mol. The van der Waals surface area contributed by atoms with E-state index in [2.05, 4.69) is 15.0 Å². The monoisotopic (exact) mass is 310 g/mol. The number of hydrogen-bond acceptors (Lipinski definition) is 4. The minimum absolute atomic E-state index is 0.183. The Kier molecular flexibility index (Phi) is 4.19. The Labute approximate surface area is 132 Å². The minimum atomic E-state index is -0.561. The number of para-hydroxylation sites is 1. The van der Waals surface area contributed by atoms with Crippen molar-refractivity contribution in [2.45, 2.75) is 6.54 Å². The van der Waals surface area contributed by atoms with E-state index in [4.69, 9.17) is 0 Å². The zero-order valence-corrected chi connectivity index (χ0v) is 12.5. The second-order valence-electron chi connectivity index (χ2n) is 5.03. The van der Waals surface area contributed by atoms with E-state index in [0.717, 1.165) is 22.5 Å². The average Bonchev–Trinajstić information content (AvgIpc) is 2.60. The van der Waals surface area contributed by atoms with Gasteiger partial charge in [0, 0.05) is 18.1 Å². The molecule has 3 rings (SSSR count). The van der Waals surface area contributed by atoms with E-state index in [1.165, 1.54) is 19.2 Å². The molecular formula is C18H15FN2O2. The number of carbonyl (C=O) groups excluding carboxylic acids is 1. The van der Waals surface area contributed by atoms with Crippen molar-refractivity contribution in [2.75, 3.05) is 12.4 Å². The van der Waals surface area contributed by atoms with Crippen LogP contribution in [0.5, 0.6) is 0 Å². The van der Waals surface area contributed by atoms with E-state index in [-0.39, 0.29) is 5.56 Å². The van der Waals surface area contributed by atoms with Crippen LogP contribution < -0.4 is 5.32 Å². The first-order valence-electron chi connectivity index (χ1n) is 7.13. The van der Waals surface area contributed by atoms with Crippen molar-refractivity contribution >= 4 is 22.6 Å². The van der Waals surface area contributed by atoms with Gasteiger partial charge in [0.25, 0.3) is 0 Å². The summed E-state index contributed by atoms with van der Waals surface area (Å²) in [6.45, 7) is 0.433. The Hall–Kier alpha value is -2.95. The summed E-state index contributed by atoms with van der Waals surface area (Å²) in [4.78, 5) is 15.8. The molecule has 0 bridgehead atoms. The second-order valence-corrected chi connectivity index (χ2v) is 5.03. The highest BCUT2D eigenvalue weighted by Crippen LogP contribution is 2.20. The molecule has 1 N–H and O–H groups in total. The van der Waals surface area contributed by atoms with Gasteiger partial charge in [0.05, 0.1) is 23.9 Å². The van der Waals surface area contributed by atoms with Crippen molar-refractivity contribution in [1.29, 1.82) is 0 Å². The first-order valence-corrected chi connectivity index (χ1v) is 7.13. The smallest absolute Gasteiger partial charge is 0.337 e. The predicted molar refractivity (Wildman–Crippen MR) is 86.8 cm³/mol. The second kappa shape index (κ2) is 6.44. The molecule has 0 aliphatic carbocycles. The van der Waals surface area contributed by atoms with Crippen LogP contribution >= 0.6 is 0 Å². The summed E-state index contributed by atoms with van der Waals surface area (Å²) in [5.74, 6) is -1.06. The number of carbonyl (C=O) groups is 1. The summed E-state index contributed by atoms with van der Waals surface area (Å²) < 4.78 is 18.7. The zero-order chi connectivity index (χ0) is 16.2. The fourth-order valence-electron chi connectivity index (χ4n) is 2.40. The Morgan fingerprint density at radius 2 is 2.04 bits per heavy atom. The normalized spacial score (nSPS) is 10.5. The third kappa shape index (κ3) is 3.13. The van der Waals surface area contributed by atoms with Crippen LogP contribution in [0.3, 0.4) is 0 Å². The summed E-state index contributed by atoms with van der Waals surface area (Å²) in [5.41, 5.74) is 2.36. The van der Waals surface area contributed by atoms with Gasteiger partial charge >= 0.3 is 5.97 Å². The number of fused-ring (bicyclic) bond motifs is 1. The zero-order valence-electron chi connectivity index (χ0n) is 12.5. The highest BCUT2D eigenvalue weighted by atomic mass is 19.1. The van der Waals surface area contributed by atoms with Gasteiger partial charge < -0.3 is 10.1 Å².